The van der Waals surface area contributed by atoms with Crippen molar-refractivity contribution in [3.8, 4) is 0 Å². The van der Waals surface area contributed by atoms with Crippen molar-refractivity contribution in [1.82, 2.24) is 0 Å². The molecule has 1 aromatic carbocycles. The Morgan fingerprint density at radius 3 is 2.55 bits per heavy atom. The number of unbranched alkanes of at least 4 members (excludes halogenated alkanes) is 1. The summed E-state index contributed by atoms with van der Waals surface area (Å²) in [5, 5.41) is 1.61. The zero-order valence-electron chi connectivity index (χ0n) is 11.9. The van der Waals surface area contributed by atoms with Crippen molar-refractivity contribution < 1.29 is 13.2 Å². The third-order valence-corrected chi connectivity index (χ3v) is 5.34. The van der Waals surface area contributed by atoms with Gasteiger partial charge in [0.1, 0.15) is 5.25 Å². The highest BCUT2D eigenvalue weighted by molar-refractivity contribution is 7.92. The molecule has 1 atom stereocenters. The fourth-order valence-corrected chi connectivity index (χ4v) is 3.08. The first-order valence-corrected chi connectivity index (χ1v) is 8.38. The fraction of sp³-hybridized carbons (Fsp3) is 0.500. The number of sulfone groups is 1. The molecule has 1 amide bonds. The van der Waals surface area contributed by atoms with Crippen molar-refractivity contribution in [1.29, 1.82) is 0 Å². The highest BCUT2D eigenvalue weighted by atomic mass is 32.2. The van der Waals surface area contributed by atoms with Crippen LogP contribution in [0.1, 0.15) is 25.3 Å². The van der Waals surface area contributed by atoms with E-state index in [4.69, 9.17) is 5.73 Å². The number of hydrogen-bond donors (Lipinski definition) is 2. The highest BCUT2D eigenvalue weighted by Crippen LogP contribution is 2.15. The predicted octanol–water partition coefficient (Wildman–Crippen LogP) is 1.48. The molecule has 0 saturated heterocycles. The van der Waals surface area contributed by atoms with Crippen molar-refractivity contribution in [2.45, 2.75) is 31.9 Å². The SMILES string of the molecule is Cc1ccccc1NC(=O)C(C)S(=O)(=O)CCCCN. The Balaban J connectivity index is 2.69. The van der Waals surface area contributed by atoms with Crippen LogP contribution in [0.3, 0.4) is 0 Å². The summed E-state index contributed by atoms with van der Waals surface area (Å²) in [6.07, 6.45) is 1.13. The minimum atomic E-state index is -3.43. The molecule has 0 heterocycles. The summed E-state index contributed by atoms with van der Waals surface area (Å²) in [6, 6.07) is 7.26. The van der Waals surface area contributed by atoms with Gasteiger partial charge in [-0.1, -0.05) is 18.2 Å². The van der Waals surface area contributed by atoms with Crippen molar-refractivity contribution in [3.63, 3.8) is 0 Å². The molecule has 1 aromatic rings. The van der Waals surface area contributed by atoms with Gasteiger partial charge in [0.15, 0.2) is 9.84 Å². The second-order valence-electron chi connectivity index (χ2n) is 4.81. The quantitative estimate of drug-likeness (QED) is 0.746. The Morgan fingerprint density at radius 2 is 1.95 bits per heavy atom. The van der Waals surface area contributed by atoms with Crippen LogP contribution >= 0.6 is 0 Å². The molecule has 0 spiro atoms. The van der Waals surface area contributed by atoms with E-state index in [1.807, 2.05) is 19.1 Å². The first-order chi connectivity index (χ1) is 9.38. The van der Waals surface area contributed by atoms with Crippen LogP contribution in [0.2, 0.25) is 0 Å². The summed E-state index contributed by atoms with van der Waals surface area (Å²) >= 11 is 0. The lowest BCUT2D eigenvalue weighted by molar-refractivity contribution is -0.115. The molecule has 0 aromatic heterocycles. The van der Waals surface area contributed by atoms with E-state index in [1.54, 1.807) is 12.1 Å². The third kappa shape index (κ3) is 4.61. The van der Waals surface area contributed by atoms with E-state index in [0.717, 1.165) is 5.56 Å². The average Bonchev–Trinajstić information content (AvgIpc) is 2.40. The van der Waals surface area contributed by atoms with Gasteiger partial charge in [0.05, 0.1) is 5.75 Å². The van der Waals surface area contributed by atoms with Crippen LogP contribution in [0.5, 0.6) is 0 Å². The Bertz CT molecular complexity index is 555. The van der Waals surface area contributed by atoms with E-state index in [0.29, 0.717) is 25.1 Å². The van der Waals surface area contributed by atoms with E-state index in [9.17, 15) is 13.2 Å². The molecule has 1 rings (SSSR count). The monoisotopic (exact) mass is 298 g/mol. The van der Waals surface area contributed by atoms with Crippen LogP contribution in [0, 0.1) is 6.92 Å². The molecule has 0 aliphatic heterocycles. The van der Waals surface area contributed by atoms with Crippen LogP contribution in [0.4, 0.5) is 5.69 Å². The van der Waals surface area contributed by atoms with Gasteiger partial charge >= 0.3 is 0 Å². The summed E-state index contributed by atoms with van der Waals surface area (Å²) in [5.74, 6) is -0.501. The van der Waals surface area contributed by atoms with E-state index >= 15 is 0 Å². The van der Waals surface area contributed by atoms with E-state index in [2.05, 4.69) is 5.32 Å². The van der Waals surface area contributed by atoms with Gasteiger partial charge in [-0.15, -0.1) is 0 Å². The van der Waals surface area contributed by atoms with Crippen molar-refractivity contribution >= 4 is 21.4 Å². The first-order valence-electron chi connectivity index (χ1n) is 6.66. The molecule has 3 N–H and O–H groups in total. The van der Waals surface area contributed by atoms with Crippen molar-refractivity contribution in [2.75, 3.05) is 17.6 Å². The maximum atomic E-state index is 12.0. The van der Waals surface area contributed by atoms with Crippen LogP contribution in [0.15, 0.2) is 24.3 Å². The van der Waals surface area contributed by atoms with Gasteiger partial charge in [0.25, 0.3) is 0 Å². The molecule has 0 radical (unpaired) electrons. The molecule has 0 aliphatic rings. The van der Waals surface area contributed by atoms with E-state index in [-0.39, 0.29) is 5.75 Å². The molecule has 20 heavy (non-hydrogen) atoms. The largest absolute Gasteiger partial charge is 0.330 e. The number of anilines is 1. The van der Waals surface area contributed by atoms with Crippen LogP contribution in [0.25, 0.3) is 0 Å². The summed E-state index contributed by atoms with van der Waals surface area (Å²) in [7, 11) is -3.43. The number of aryl methyl sites for hydroxylation is 1. The van der Waals surface area contributed by atoms with Gasteiger partial charge in [-0.25, -0.2) is 8.42 Å². The van der Waals surface area contributed by atoms with Gasteiger partial charge in [-0.05, 0) is 44.9 Å². The zero-order chi connectivity index (χ0) is 15.2. The minimum Gasteiger partial charge on any atom is -0.330 e. The molecule has 0 fully saturated rings. The summed E-state index contributed by atoms with van der Waals surface area (Å²) in [6.45, 7) is 3.74. The lowest BCUT2D eigenvalue weighted by Gasteiger charge is -2.14. The molecule has 0 aliphatic carbocycles. The minimum absolute atomic E-state index is 0.00738. The Morgan fingerprint density at radius 1 is 1.30 bits per heavy atom. The van der Waals surface area contributed by atoms with Gasteiger partial charge in [0.2, 0.25) is 5.91 Å². The van der Waals surface area contributed by atoms with Crippen LogP contribution in [-0.4, -0.2) is 31.9 Å². The van der Waals surface area contributed by atoms with Gasteiger partial charge < -0.3 is 11.1 Å². The second-order valence-corrected chi connectivity index (χ2v) is 7.25. The van der Waals surface area contributed by atoms with Gasteiger partial charge in [-0.3, -0.25) is 4.79 Å². The number of nitrogens with one attached hydrogen (secondary N) is 1. The van der Waals surface area contributed by atoms with Crippen molar-refractivity contribution in [3.05, 3.63) is 29.8 Å². The Hall–Kier alpha value is -1.40. The van der Waals surface area contributed by atoms with Crippen LogP contribution in [-0.2, 0) is 14.6 Å². The molecule has 1 unspecified atom stereocenters. The number of benzene rings is 1. The maximum Gasteiger partial charge on any atom is 0.242 e. The lowest BCUT2D eigenvalue weighted by atomic mass is 10.2. The Kier molecular flexibility index (Phi) is 6.16. The first kappa shape index (κ1) is 16.7. The van der Waals surface area contributed by atoms with Crippen molar-refractivity contribution in [2.24, 2.45) is 5.73 Å². The van der Waals surface area contributed by atoms with Gasteiger partial charge in [0, 0.05) is 5.69 Å². The zero-order valence-corrected chi connectivity index (χ0v) is 12.7. The number of nitrogens with two attached hydrogens (primary N) is 1. The van der Waals surface area contributed by atoms with Gasteiger partial charge in [-0.2, -0.15) is 0 Å². The molecule has 0 saturated carbocycles. The normalized spacial score (nSPS) is 12.9. The summed E-state index contributed by atoms with van der Waals surface area (Å²) < 4.78 is 24.0. The standard InChI is InChI=1S/C14H22N2O3S/c1-11-7-3-4-8-13(11)16-14(17)12(2)20(18,19)10-6-5-9-15/h3-4,7-8,12H,5-6,9-10,15H2,1-2H3,(H,16,17). The number of amides is 1. The fourth-order valence-electron chi connectivity index (χ4n) is 1.73. The number of carbonyl (C=O) groups excluding carboxylic acids is 1. The lowest BCUT2D eigenvalue weighted by Crippen LogP contribution is -2.34. The topological polar surface area (TPSA) is 89.3 Å². The van der Waals surface area contributed by atoms with E-state index in [1.165, 1.54) is 6.92 Å². The van der Waals surface area contributed by atoms with Crippen LogP contribution < -0.4 is 11.1 Å². The molecule has 0 bridgehead atoms. The average molecular weight is 298 g/mol. The Labute approximate surface area is 120 Å². The number of hydrogen-bond acceptors (Lipinski definition) is 4. The second kappa shape index (κ2) is 7.40. The summed E-state index contributed by atoms with van der Waals surface area (Å²) in [5.41, 5.74) is 6.88. The number of para-hydroxylation sites is 1. The highest BCUT2D eigenvalue weighted by Gasteiger charge is 2.27. The molecule has 112 valence electrons. The van der Waals surface area contributed by atoms with E-state index < -0.39 is 21.0 Å². The number of rotatable bonds is 7. The predicted molar refractivity (Wildman–Crippen MR) is 81.3 cm³/mol. The summed E-state index contributed by atoms with van der Waals surface area (Å²) in [4.78, 5) is 12.0. The maximum absolute atomic E-state index is 12.0. The number of carbonyl (C=O) groups is 1. The smallest absolute Gasteiger partial charge is 0.242 e. The molecule has 6 heteroatoms. The third-order valence-electron chi connectivity index (χ3n) is 3.19. The molecular weight excluding hydrogens is 276 g/mol. The molecule has 5 nitrogen and oxygen atoms in total. The molecular formula is C14H22N2O3S.